The zero-order valence-electron chi connectivity index (χ0n) is 13.4. The van der Waals surface area contributed by atoms with E-state index in [1.165, 1.54) is 31.7 Å². The van der Waals surface area contributed by atoms with Crippen LogP contribution in [-0.2, 0) is 10.1 Å². The van der Waals surface area contributed by atoms with Gasteiger partial charge in [-0.25, -0.2) is 0 Å². The summed E-state index contributed by atoms with van der Waals surface area (Å²) in [7, 11) is -4.13. The predicted molar refractivity (Wildman–Crippen MR) is 87.2 cm³/mol. The van der Waals surface area contributed by atoms with Crippen molar-refractivity contribution in [1.29, 1.82) is 0 Å². The zero-order valence-corrected chi connectivity index (χ0v) is 14.2. The third kappa shape index (κ3) is 6.18. The summed E-state index contributed by atoms with van der Waals surface area (Å²) >= 11 is 0. The van der Waals surface area contributed by atoms with Crippen LogP contribution in [0.25, 0.3) is 0 Å². The van der Waals surface area contributed by atoms with E-state index in [0.717, 1.165) is 24.3 Å². The Bertz CT molecular complexity index is 523. The summed E-state index contributed by atoms with van der Waals surface area (Å²) in [6.07, 6.45) is 6.97. The lowest BCUT2D eigenvalue weighted by Crippen LogP contribution is -2.06. The molecule has 0 amide bonds. The monoisotopic (exact) mass is 312 g/mol. The Kier molecular flexibility index (Phi) is 7.40. The first kappa shape index (κ1) is 18.2. The van der Waals surface area contributed by atoms with Crippen molar-refractivity contribution in [3.05, 3.63) is 29.8 Å². The maximum atomic E-state index is 11.4. The van der Waals surface area contributed by atoms with Crippen LogP contribution in [0, 0.1) is 5.92 Å². The lowest BCUT2D eigenvalue weighted by atomic mass is 9.93. The van der Waals surface area contributed by atoms with Gasteiger partial charge in [-0.15, -0.1) is 0 Å². The molecule has 1 rings (SSSR count). The van der Waals surface area contributed by atoms with Crippen molar-refractivity contribution in [3.8, 4) is 0 Å². The molecule has 0 aromatic heterocycles. The summed E-state index contributed by atoms with van der Waals surface area (Å²) in [5.41, 5.74) is 0.724. The van der Waals surface area contributed by atoms with Crippen molar-refractivity contribution in [2.45, 2.75) is 70.1 Å². The van der Waals surface area contributed by atoms with Gasteiger partial charge in [-0.2, -0.15) is 8.42 Å². The Morgan fingerprint density at radius 1 is 1.05 bits per heavy atom. The van der Waals surface area contributed by atoms with Crippen LogP contribution in [0.5, 0.6) is 0 Å². The van der Waals surface area contributed by atoms with Gasteiger partial charge < -0.3 is 0 Å². The Hall–Kier alpha value is -0.870. The van der Waals surface area contributed by atoms with Gasteiger partial charge in [-0.1, -0.05) is 71.1 Å². The number of hydrogen-bond acceptors (Lipinski definition) is 2. The highest BCUT2D eigenvalue weighted by molar-refractivity contribution is 7.85. The second-order valence-electron chi connectivity index (χ2n) is 6.09. The molecule has 120 valence electrons. The van der Waals surface area contributed by atoms with Gasteiger partial charge in [0.15, 0.2) is 0 Å². The van der Waals surface area contributed by atoms with Crippen molar-refractivity contribution in [2.75, 3.05) is 0 Å². The molecule has 0 spiro atoms. The molecule has 2 unspecified atom stereocenters. The maximum Gasteiger partial charge on any atom is 0.294 e. The van der Waals surface area contributed by atoms with Crippen molar-refractivity contribution in [3.63, 3.8) is 0 Å². The normalized spacial score (nSPS) is 14.9. The molecule has 21 heavy (non-hydrogen) atoms. The van der Waals surface area contributed by atoms with Gasteiger partial charge in [0.2, 0.25) is 0 Å². The fourth-order valence-electron chi connectivity index (χ4n) is 2.86. The highest BCUT2D eigenvalue weighted by atomic mass is 32.2. The molecule has 0 saturated heterocycles. The van der Waals surface area contributed by atoms with Crippen LogP contribution in [0.2, 0.25) is 0 Å². The van der Waals surface area contributed by atoms with Gasteiger partial charge in [0.25, 0.3) is 10.1 Å². The first-order valence-electron chi connectivity index (χ1n) is 7.92. The first-order valence-corrected chi connectivity index (χ1v) is 9.36. The van der Waals surface area contributed by atoms with E-state index in [4.69, 9.17) is 0 Å². The molecule has 0 aliphatic carbocycles. The van der Waals surface area contributed by atoms with Crippen molar-refractivity contribution in [1.82, 2.24) is 0 Å². The summed E-state index contributed by atoms with van der Waals surface area (Å²) < 4.78 is 32.1. The van der Waals surface area contributed by atoms with Gasteiger partial charge in [0.05, 0.1) is 4.90 Å². The minimum atomic E-state index is -4.13. The van der Waals surface area contributed by atoms with Crippen LogP contribution in [-0.4, -0.2) is 13.0 Å². The maximum absolute atomic E-state index is 11.4. The Morgan fingerprint density at radius 3 is 2.29 bits per heavy atom. The zero-order chi connectivity index (χ0) is 15.9. The summed E-state index contributed by atoms with van der Waals surface area (Å²) in [6.45, 7) is 6.53. The van der Waals surface area contributed by atoms with Crippen LogP contribution < -0.4 is 0 Å². The Balaban J connectivity index is 2.55. The van der Waals surface area contributed by atoms with Crippen LogP contribution >= 0.6 is 0 Å². The SMILES string of the molecule is CCCC(C)CCCCC(C)c1ccccc1S(=O)(=O)O. The minimum Gasteiger partial charge on any atom is -0.282 e. The highest BCUT2D eigenvalue weighted by Crippen LogP contribution is 2.28. The highest BCUT2D eigenvalue weighted by Gasteiger charge is 2.18. The van der Waals surface area contributed by atoms with E-state index in [-0.39, 0.29) is 10.8 Å². The minimum absolute atomic E-state index is 0.0526. The molecule has 1 aromatic rings. The largest absolute Gasteiger partial charge is 0.294 e. The van der Waals surface area contributed by atoms with Gasteiger partial charge in [0, 0.05) is 0 Å². The molecule has 0 radical (unpaired) electrons. The third-order valence-corrected chi connectivity index (χ3v) is 5.02. The Morgan fingerprint density at radius 2 is 1.67 bits per heavy atom. The quantitative estimate of drug-likeness (QED) is 0.514. The molecule has 3 nitrogen and oxygen atoms in total. The number of rotatable bonds is 9. The van der Waals surface area contributed by atoms with E-state index < -0.39 is 10.1 Å². The fourth-order valence-corrected chi connectivity index (χ4v) is 3.68. The number of hydrogen-bond donors (Lipinski definition) is 1. The summed E-state index contributed by atoms with van der Waals surface area (Å²) in [5, 5.41) is 0. The third-order valence-electron chi connectivity index (χ3n) is 4.09. The fraction of sp³-hybridized carbons (Fsp3) is 0.647. The second kappa shape index (κ2) is 8.54. The predicted octanol–water partition coefficient (Wildman–Crippen LogP) is 5.03. The van der Waals surface area contributed by atoms with Gasteiger partial charge in [-0.05, 0) is 29.9 Å². The molecular formula is C17H28O3S. The molecule has 1 aromatic carbocycles. The standard InChI is InChI=1S/C17H28O3S/c1-4-9-14(2)10-5-6-11-15(3)16-12-7-8-13-17(16)21(18,19)20/h7-8,12-15H,4-6,9-11H2,1-3H3,(H,18,19,20). The molecule has 0 aliphatic heterocycles. The van der Waals surface area contributed by atoms with Crippen LogP contribution in [0.1, 0.15) is 70.8 Å². The molecule has 4 heteroatoms. The average molecular weight is 312 g/mol. The van der Waals surface area contributed by atoms with E-state index in [1.807, 2.05) is 13.0 Å². The molecule has 0 bridgehead atoms. The van der Waals surface area contributed by atoms with Crippen molar-refractivity contribution >= 4 is 10.1 Å². The van der Waals surface area contributed by atoms with Crippen molar-refractivity contribution in [2.24, 2.45) is 5.92 Å². The van der Waals surface area contributed by atoms with Gasteiger partial charge in [0.1, 0.15) is 0 Å². The Labute approximate surface area is 129 Å². The smallest absolute Gasteiger partial charge is 0.282 e. The van der Waals surface area contributed by atoms with Gasteiger partial charge >= 0.3 is 0 Å². The molecule has 1 N–H and O–H groups in total. The number of unbranched alkanes of at least 4 members (excludes halogenated alkanes) is 1. The van der Waals surface area contributed by atoms with Crippen LogP contribution in [0.4, 0.5) is 0 Å². The molecule has 0 aliphatic rings. The van der Waals surface area contributed by atoms with E-state index >= 15 is 0 Å². The van der Waals surface area contributed by atoms with E-state index in [9.17, 15) is 13.0 Å². The van der Waals surface area contributed by atoms with E-state index in [1.54, 1.807) is 12.1 Å². The lowest BCUT2D eigenvalue weighted by Gasteiger charge is -2.15. The lowest BCUT2D eigenvalue weighted by molar-refractivity contribution is 0.448. The average Bonchev–Trinajstić information content (AvgIpc) is 2.43. The summed E-state index contributed by atoms with van der Waals surface area (Å²) in [6, 6.07) is 6.74. The van der Waals surface area contributed by atoms with Crippen molar-refractivity contribution < 1.29 is 13.0 Å². The molecular weight excluding hydrogens is 284 g/mol. The van der Waals surface area contributed by atoms with Gasteiger partial charge in [-0.3, -0.25) is 4.55 Å². The molecule has 0 fully saturated rings. The topological polar surface area (TPSA) is 54.4 Å². The molecule has 2 atom stereocenters. The number of benzene rings is 1. The van der Waals surface area contributed by atoms with Crippen LogP contribution in [0.3, 0.4) is 0 Å². The first-order chi connectivity index (χ1) is 9.86. The molecule has 0 heterocycles. The second-order valence-corrected chi connectivity index (χ2v) is 7.48. The van der Waals surface area contributed by atoms with E-state index in [2.05, 4.69) is 13.8 Å². The van der Waals surface area contributed by atoms with E-state index in [0.29, 0.717) is 0 Å². The van der Waals surface area contributed by atoms with Crippen LogP contribution in [0.15, 0.2) is 29.2 Å². The summed E-state index contributed by atoms with van der Waals surface area (Å²) in [4.78, 5) is 0.0526. The molecule has 0 saturated carbocycles. The summed E-state index contributed by atoms with van der Waals surface area (Å²) in [5.74, 6) is 0.917.